The minimum atomic E-state index is -1.05. The summed E-state index contributed by atoms with van der Waals surface area (Å²) in [5.74, 6) is -0.0344. The molecular weight excluding hydrogens is 478 g/mol. The molecule has 2 aromatic heterocycles. The van der Waals surface area contributed by atoms with Crippen molar-refractivity contribution in [3.63, 3.8) is 0 Å². The molecule has 37 heavy (non-hydrogen) atoms. The van der Waals surface area contributed by atoms with Crippen LogP contribution in [0.3, 0.4) is 0 Å². The van der Waals surface area contributed by atoms with Gasteiger partial charge in [-0.05, 0) is 37.3 Å². The molecule has 0 aliphatic heterocycles. The third-order valence-electron chi connectivity index (χ3n) is 5.82. The SMILES string of the molecule is CCOC(=O)Oc1[nH]c2c(oc3ccccc32)c1-c1ccc(OC)cc1OCc1ccccc1C(=O)O. The lowest BCUT2D eigenvalue weighted by Gasteiger charge is -2.14. The minimum absolute atomic E-state index is 0.0234. The number of carboxylic acid groups (broad SMARTS) is 1. The summed E-state index contributed by atoms with van der Waals surface area (Å²) in [6.45, 7) is 1.80. The number of aromatic nitrogens is 1. The molecule has 188 valence electrons. The van der Waals surface area contributed by atoms with Crippen LogP contribution in [0.5, 0.6) is 17.4 Å². The first-order valence-corrected chi connectivity index (χ1v) is 11.5. The highest BCUT2D eigenvalue weighted by atomic mass is 16.7. The second-order valence-corrected chi connectivity index (χ2v) is 8.03. The Balaban J connectivity index is 1.65. The summed E-state index contributed by atoms with van der Waals surface area (Å²) in [5, 5.41) is 10.4. The van der Waals surface area contributed by atoms with Crippen molar-refractivity contribution in [1.82, 2.24) is 4.98 Å². The zero-order valence-electron chi connectivity index (χ0n) is 20.1. The average molecular weight is 501 g/mol. The number of furan rings is 1. The van der Waals surface area contributed by atoms with Crippen LogP contribution < -0.4 is 14.2 Å². The summed E-state index contributed by atoms with van der Waals surface area (Å²) in [4.78, 5) is 27.1. The molecule has 2 N–H and O–H groups in total. The van der Waals surface area contributed by atoms with Gasteiger partial charge >= 0.3 is 12.1 Å². The van der Waals surface area contributed by atoms with Crippen molar-refractivity contribution >= 4 is 34.2 Å². The number of benzene rings is 3. The molecule has 0 saturated heterocycles. The van der Waals surface area contributed by atoms with E-state index in [1.165, 1.54) is 13.2 Å². The first kappa shape index (κ1) is 23.8. The average Bonchev–Trinajstić information content (AvgIpc) is 3.43. The van der Waals surface area contributed by atoms with Gasteiger partial charge in [0.15, 0.2) is 5.58 Å². The largest absolute Gasteiger partial charge is 0.515 e. The number of carboxylic acids is 1. The summed E-state index contributed by atoms with van der Waals surface area (Å²) in [6.07, 6.45) is -0.872. The first-order valence-electron chi connectivity index (χ1n) is 11.5. The number of H-pyrrole nitrogens is 1. The molecule has 5 aromatic rings. The van der Waals surface area contributed by atoms with Gasteiger partial charge in [-0.15, -0.1) is 0 Å². The van der Waals surface area contributed by atoms with Crippen LogP contribution in [0.2, 0.25) is 0 Å². The van der Waals surface area contributed by atoms with Gasteiger partial charge in [0.05, 0.1) is 30.4 Å². The Bertz CT molecular complexity index is 1610. The van der Waals surface area contributed by atoms with Crippen LogP contribution in [0.25, 0.3) is 33.2 Å². The highest BCUT2D eigenvalue weighted by Crippen LogP contribution is 2.46. The normalized spacial score (nSPS) is 11.0. The fourth-order valence-corrected chi connectivity index (χ4v) is 4.14. The lowest BCUT2D eigenvalue weighted by atomic mass is 10.1. The standard InChI is InChI=1S/C28H23NO8/c1-3-34-28(32)37-26-23(25-24(29-26)20-10-6-7-11-21(20)36-25)19-13-12-17(33-2)14-22(19)35-15-16-8-4-5-9-18(16)27(30)31/h4-14,29H,3,15H2,1-2H3,(H,30,31). The summed E-state index contributed by atoms with van der Waals surface area (Å²) in [5.41, 5.74) is 3.37. The van der Waals surface area contributed by atoms with E-state index in [9.17, 15) is 14.7 Å². The molecule has 3 aromatic carbocycles. The van der Waals surface area contributed by atoms with E-state index in [1.807, 2.05) is 24.3 Å². The third-order valence-corrected chi connectivity index (χ3v) is 5.82. The van der Waals surface area contributed by atoms with Crippen molar-refractivity contribution in [3.8, 4) is 28.5 Å². The summed E-state index contributed by atoms with van der Waals surface area (Å²) in [7, 11) is 1.53. The maximum absolute atomic E-state index is 12.3. The van der Waals surface area contributed by atoms with E-state index < -0.39 is 12.1 Å². The molecule has 0 aliphatic rings. The monoisotopic (exact) mass is 501 g/mol. The number of carbonyl (C=O) groups is 2. The number of hydrogen-bond acceptors (Lipinski definition) is 7. The highest BCUT2D eigenvalue weighted by molar-refractivity contribution is 6.10. The summed E-state index contributed by atoms with van der Waals surface area (Å²) in [6, 6.07) is 19.2. The molecule has 0 amide bonds. The quantitative estimate of drug-likeness (QED) is 0.234. The molecule has 5 rings (SSSR count). The first-order chi connectivity index (χ1) is 18.0. The smallest absolute Gasteiger partial charge is 0.497 e. The zero-order valence-corrected chi connectivity index (χ0v) is 20.1. The minimum Gasteiger partial charge on any atom is -0.497 e. The van der Waals surface area contributed by atoms with Gasteiger partial charge < -0.3 is 33.5 Å². The van der Waals surface area contributed by atoms with Crippen LogP contribution in [-0.2, 0) is 11.3 Å². The molecule has 0 unspecified atom stereocenters. The van der Waals surface area contributed by atoms with Crippen molar-refractivity contribution in [3.05, 3.63) is 77.9 Å². The molecule has 0 fully saturated rings. The van der Waals surface area contributed by atoms with E-state index in [1.54, 1.807) is 43.3 Å². The number of hydrogen-bond donors (Lipinski definition) is 2. The second kappa shape index (κ2) is 9.98. The van der Waals surface area contributed by atoms with Gasteiger partial charge in [0.1, 0.15) is 23.7 Å². The molecule has 0 saturated carbocycles. The molecule has 0 aliphatic carbocycles. The number of carbonyl (C=O) groups excluding carboxylic acids is 1. The van der Waals surface area contributed by atoms with Gasteiger partial charge in [-0.2, -0.15) is 0 Å². The number of aromatic amines is 1. The fraction of sp³-hybridized carbons (Fsp3) is 0.143. The predicted molar refractivity (Wildman–Crippen MR) is 135 cm³/mol. The van der Waals surface area contributed by atoms with E-state index in [4.69, 9.17) is 23.4 Å². The van der Waals surface area contributed by atoms with Crippen molar-refractivity contribution < 1.29 is 38.1 Å². The Morgan fingerprint density at radius 2 is 1.81 bits per heavy atom. The molecule has 0 radical (unpaired) electrons. The molecule has 0 bridgehead atoms. The van der Waals surface area contributed by atoms with Crippen LogP contribution in [0.1, 0.15) is 22.8 Å². The number of fused-ring (bicyclic) bond motifs is 3. The van der Waals surface area contributed by atoms with Crippen LogP contribution >= 0.6 is 0 Å². The lowest BCUT2D eigenvalue weighted by Crippen LogP contribution is -2.11. The topological polar surface area (TPSA) is 120 Å². The molecule has 2 heterocycles. The van der Waals surface area contributed by atoms with Gasteiger partial charge in [-0.1, -0.05) is 30.3 Å². The van der Waals surface area contributed by atoms with Gasteiger partial charge in [0, 0.05) is 22.6 Å². The maximum atomic E-state index is 12.3. The van der Waals surface area contributed by atoms with Crippen LogP contribution in [0.15, 0.2) is 71.1 Å². The number of para-hydroxylation sites is 1. The van der Waals surface area contributed by atoms with E-state index in [-0.39, 0.29) is 24.7 Å². The van der Waals surface area contributed by atoms with Gasteiger partial charge in [0.25, 0.3) is 0 Å². The summed E-state index contributed by atoms with van der Waals surface area (Å²) >= 11 is 0. The molecule has 9 nitrogen and oxygen atoms in total. The third kappa shape index (κ3) is 4.54. The van der Waals surface area contributed by atoms with E-state index in [0.29, 0.717) is 44.9 Å². The predicted octanol–water partition coefficient (Wildman–Crippen LogP) is 6.40. The van der Waals surface area contributed by atoms with E-state index >= 15 is 0 Å². The number of aromatic carboxylic acids is 1. The Kier molecular flexibility index (Phi) is 6.42. The highest BCUT2D eigenvalue weighted by Gasteiger charge is 2.26. The second-order valence-electron chi connectivity index (χ2n) is 8.03. The Morgan fingerprint density at radius 1 is 1.03 bits per heavy atom. The van der Waals surface area contributed by atoms with E-state index in [2.05, 4.69) is 4.98 Å². The van der Waals surface area contributed by atoms with Gasteiger partial charge in [-0.25, -0.2) is 9.59 Å². The van der Waals surface area contributed by atoms with Crippen molar-refractivity contribution in [1.29, 1.82) is 0 Å². The van der Waals surface area contributed by atoms with Crippen molar-refractivity contribution in [2.24, 2.45) is 0 Å². The zero-order chi connectivity index (χ0) is 25.9. The number of ether oxygens (including phenoxy) is 4. The van der Waals surface area contributed by atoms with Crippen molar-refractivity contribution in [2.45, 2.75) is 13.5 Å². The van der Waals surface area contributed by atoms with Crippen molar-refractivity contribution in [2.75, 3.05) is 13.7 Å². The Labute approximate surface area is 211 Å². The van der Waals surface area contributed by atoms with Crippen LogP contribution in [-0.4, -0.2) is 35.9 Å². The molecule has 0 atom stereocenters. The maximum Gasteiger partial charge on any atom is 0.515 e. The Hall–Kier alpha value is -4.92. The molecular formula is C28H23NO8. The number of nitrogens with one attached hydrogen (secondary N) is 1. The summed E-state index contributed by atoms with van der Waals surface area (Å²) < 4.78 is 28.2. The van der Waals surface area contributed by atoms with Crippen LogP contribution in [0.4, 0.5) is 4.79 Å². The lowest BCUT2D eigenvalue weighted by molar-refractivity contribution is 0.0693. The fourth-order valence-electron chi connectivity index (χ4n) is 4.14. The number of methoxy groups -OCH3 is 1. The van der Waals surface area contributed by atoms with E-state index in [0.717, 1.165) is 5.39 Å². The molecule has 9 heteroatoms. The van der Waals surface area contributed by atoms with Gasteiger partial charge in [0.2, 0.25) is 5.88 Å². The molecule has 0 spiro atoms. The van der Waals surface area contributed by atoms with Crippen LogP contribution in [0, 0.1) is 0 Å². The number of rotatable bonds is 8. The van der Waals surface area contributed by atoms with Gasteiger partial charge in [-0.3, -0.25) is 0 Å². The Morgan fingerprint density at radius 3 is 2.59 bits per heavy atom.